The van der Waals surface area contributed by atoms with Crippen LogP contribution in [-0.2, 0) is 4.79 Å². The Morgan fingerprint density at radius 3 is 2.81 bits per heavy atom. The molecule has 0 bridgehead atoms. The summed E-state index contributed by atoms with van der Waals surface area (Å²) in [5.74, 6) is -0.342. The molecule has 3 rings (SSSR count). The summed E-state index contributed by atoms with van der Waals surface area (Å²) in [6.07, 6.45) is 2.74. The minimum absolute atomic E-state index is 0.342. The lowest BCUT2D eigenvalue weighted by molar-refractivity contribution is -0.111. The van der Waals surface area contributed by atoms with E-state index >= 15 is 0 Å². The van der Waals surface area contributed by atoms with Crippen molar-refractivity contribution in [1.82, 2.24) is 4.98 Å². The Bertz CT molecular complexity index is 1060. The molecule has 0 atom stereocenters. The zero-order chi connectivity index (χ0) is 18.5. The minimum atomic E-state index is -0.342. The van der Waals surface area contributed by atoms with Gasteiger partial charge in [0.2, 0.25) is 5.91 Å². The van der Waals surface area contributed by atoms with E-state index in [1.807, 2.05) is 24.3 Å². The van der Waals surface area contributed by atoms with Crippen molar-refractivity contribution < 1.29 is 4.79 Å². The Kier molecular flexibility index (Phi) is 5.52. The molecule has 26 heavy (non-hydrogen) atoms. The number of amides is 1. The van der Waals surface area contributed by atoms with E-state index in [2.05, 4.69) is 37.6 Å². The molecule has 0 aliphatic rings. The number of carbonyl (C=O) groups excluding carboxylic acids is 1. The van der Waals surface area contributed by atoms with Crippen molar-refractivity contribution in [2.45, 2.75) is 0 Å². The SMILES string of the molecule is N#Cc1cnc2ccc(NC(=O)/C=C\Cl)cc2c1Nc1cccc(Br)c1. The molecule has 0 aliphatic heterocycles. The topological polar surface area (TPSA) is 77.8 Å². The van der Waals surface area contributed by atoms with Crippen LogP contribution >= 0.6 is 27.5 Å². The van der Waals surface area contributed by atoms with E-state index < -0.39 is 0 Å². The van der Waals surface area contributed by atoms with Crippen LogP contribution in [0, 0.1) is 11.3 Å². The lowest BCUT2D eigenvalue weighted by Gasteiger charge is -2.13. The quantitative estimate of drug-likeness (QED) is 0.554. The molecule has 7 heteroatoms. The highest BCUT2D eigenvalue weighted by molar-refractivity contribution is 9.10. The van der Waals surface area contributed by atoms with E-state index in [1.165, 1.54) is 12.3 Å². The zero-order valence-electron chi connectivity index (χ0n) is 13.3. The summed E-state index contributed by atoms with van der Waals surface area (Å²) >= 11 is 8.86. The monoisotopic (exact) mass is 426 g/mol. The predicted octanol–water partition coefficient (Wildman–Crippen LogP) is 5.30. The summed E-state index contributed by atoms with van der Waals surface area (Å²) in [4.78, 5) is 16.0. The Labute approximate surface area is 163 Å². The van der Waals surface area contributed by atoms with Gasteiger partial charge in [0.15, 0.2) is 0 Å². The Morgan fingerprint density at radius 2 is 2.08 bits per heavy atom. The van der Waals surface area contributed by atoms with Crippen LogP contribution in [0.4, 0.5) is 17.1 Å². The van der Waals surface area contributed by atoms with Gasteiger partial charge in [0.25, 0.3) is 0 Å². The first-order valence-corrected chi connectivity index (χ1v) is 8.77. The summed E-state index contributed by atoms with van der Waals surface area (Å²) in [5, 5.41) is 16.2. The number of hydrogen-bond donors (Lipinski definition) is 2. The number of nitriles is 1. The molecule has 0 fully saturated rings. The molecular weight excluding hydrogens is 416 g/mol. The molecule has 2 N–H and O–H groups in total. The van der Waals surface area contributed by atoms with Crippen LogP contribution in [-0.4, -0.2) is 10.9 Å². The van der Waals surface area contributed by atoms with Gasteiger partial charge in [-0.2, -0.15) is 5.26 Å². The first-order valence-electron chi connectivity index (χ1n) is 7.54. The second kappa shape index (κ2) is 8.00. The molecule has 5 nitrogen and oxygen atoms in total. The number of halogens is 2. The Morgan fingerprint density at radius 1 is 1.23 bits per heavy atom. The van der Waals surface area contributed by atoms with E-state index in [9.17, 15) is 10.1 Å². The molecule has 3 aromatic rings. The third-order valence-corrected chi connectivity index (χ3v) is 4.18. The largest absolute Gasteiger partial charge is 0.354 e. The van der Waals surface area contributed by atoms with Crippen LogP contribution in [0.3, 0.4) is 0 Å². The van der Waals surface area contributed by atoms with Crippen molar-refractivity contribution in [3.05, 3.63) is 70.3 Å². The fourth-order valence-corrected chi connectivity index (χ4v) is 2.96. The van der Waals surface area contributed by atoms with Crippen LogP contribution in [0.15, 0.2) is 64.7 Å². The van der Waals surface area contributed by atoms with Crippen LogP contribution in [0.25, 0.3) is 10.9 Å². The highest BCUT2D eigenvalue weighted by Crippen LogP contribution is 2.31. The predicted molar refractivity (Wildman–Crippen MR) is 108 cm³/mol. The van der Waals surface area contributed by atoms with Crippen molar-refractivity contribution in [3.8, 4) is 6.07 Å². The number of fused-ring (bicyclic) bond motifs is 1. The maximum absolute atomic E-state index is 11.7. The molecule has 1 heterocycles. The number of carbonyl (C=O) groups is 1. The Balaban J connectivity index is 2.09. The average molecular weight is 428 g/mol. The summed E-state index contributed by atoms with van der Waals surface area (Å²) < 4.78 is 0.917. The van der Waals surface area contributed by atoms with E-state index in [1.54, 1.807) is 18.2 Å². The number of aromatic nitrogens is 1. The van der Waals surface area contributed by atoms with Gasteiger partial charge >= 0.3 is 0 Å². The molecule has 0 unspecified atom stereocenters. The van der Waals surface area contributed by atoms with Gasteiger partial charge in [-0.25, -0.2) is 0 Å². The fraction of sp³-hybridized carbons (Fsp3) is 0. The number of hydrogen-bond acceptors (Lipinski definition) is 4. The number of benzene rings is 2. The van der Waals surface area contributed by atoms with Crippen molar-refractivity contribution in [3.63, 3.8) is 0 Å². The summed E-state index contributed by atoms with van der Waals surface area (Å²) in [7, 11) is 0. The lowest BCUT2D eigenvalue weighted by Crippen LogP contribution is -2.07. The average Bonchev–Trinajstić information content (AvgIpc) is 2.62. The van der Waals surface area contributed by atoms with Crippen molar-refractivity contribution in [2.75, 3.05) is 10.6 Å². The molecule has 0 radical (unpaired) electrons. The maximum Gasteiger partial charge on any atom is 0.249 e. The molecule has 128 valence electrons. The standard InChI is InChI=1S/C19H12BrClN4O/c20-13-2-1-3-14(8-13)25-19-12(10-22)11-23-17-5-4-15(9-16(17)19)24-18(26)6-7-21/h1-9,11H,(H,23,25)(H,24,26)/b7-6-. The molecular formula is C19H12BrClN4O. The maximum atomic E-state index is 11.7. The molecule has 0 aliphatic carbocycles. The Hall–Kier alpha value is -2.88. The first kappa shape index (κ1) is 17.9. The second-order valence-electron chi connectivity index (χ2n) is 5.31. The lowest BCUT2D eigenvalue weighted by atomic mass is 10.1. The minimum Gasteiger partial charge on any atom is -0.354 e. The third kappa shape index (κ3) is 4.02. The van der Waals surface area contributed by atoms with E-state index in [4.69, 9.17) is 11.6 Å². The number of rotatable bonds is 4. The molecule has 0 saturated heterocycles. The molecule has 1 amide bonds. The van der Waals surface area contributed by atoms with E-state index in [-0.39, 0.29) is 5.91 Å². The van der Waals surface area contributed by atoms with Gasteiger partial charge in [-0.05, 0) is 36.4 Å². The van der Waals surface area contributed by atoms with Crippen LogP contribution < -0.4 is 10.6 Å². The van der Waals surface area contributed by atoms with Gasteiger partial charge in [-0.15, -0.1) is 0 Å². The highest BCUT2D eigenvalue weighted by Gasteiger charge is 2.11. The third-order valence-electron chi connectivity index (χ3n) is 3.56. The van der Waals surface area contributed by atoms with Gasteiger partial charge in [-0.3, -0.25) is 9.78 Å². The normalized spacial score (nSPS) is 10.7. The first-order chi connectivity index (χ1) is 12.6. The highest BCUT2D eigenvalue weighted by atomic mass is 79.9. The van der Waals surface area contributed by atoms with Crippen LogP contribution in [0.5, 0.6) is 0 Å². The molecule has 0 saturated carbocycles. The van der Waals surface area contributed by atoms with Gasteiger partial charge in [0.1, 0.15) is 6.07 Å². The number of nitrogens with one attached hydrogen (secondary N) is 2. The number of nitrogens with zero attached hydrogens (tertiary/aromatic N) is 2. The van der Waals surface area contributed by atoms with E-state index in [0.29, 0.717) is 22.5 Å². The van der Waals surface area contributed by atoms with E-state index in [0.717, 1.165) is 21.1 Å². The smallest absolute Gasteiger partial charge is 0.249 e. The van der Waals surface area contributed by atoms with Crippen molar-refractivity contribution >= 4 is 61.4 Å². The number of pyridine rings is 1. The van der Waals surface area contributed by atoms with Crippen LogP contribution in [0.2, 0.25) is 0 Å². The summed E-state index contributed by atoms with van der Waals surface area (Å²) in [5.41, 5.74) is 4.27. The van der Waals surface area contributed by atoms with Gasteiger partial charge in [0.05, 0.1) is 16.8 Å². The van der Waals surface area contributed by atoms with Gasteiger partial charge < -0.3 is 10.6 Å². The summed E-state index contributed by atoms with van der Waals surface area (Å²) in [6, 6.07) is 15.1. The van der Waals surface area contributed by atoms with Gasteiger partial charge in [-0.1, -0.05) is 33.6 Å². The summed E-state index contributed by atoms with van der Waals surface area (Å²) in [6.45, 7) is 0. The zero-order valence-corrected chi connectivity index (χ0v) is 15.7. The molecule has 1 aromatic heterocycles. The second-order valence-corrected chi connectivity index (χ2v) is 6.48. The van der Waals surface area contributed by atoms with Crippen LogP contribution in [0.1, 0.15) is 5.56 Å². The fourth-order valence-electron chi connectivity index (χ4n) is 2.44. The van der Waals surface area contributed by atoms with Crippen molar-refractivity contribution in [1.29, 1.82) is 5.26 Å². The number of anilines is 3. The van der Waals surface area contributed by atoms with Crippen molar-refractivity contribution in [2.24, 2.45) is 0 Å². The van der Waals surface area contributed by atoms with Gasteiger partial charge in [0, 0.05) is 39.0 Å². The molecule has 0 spiro atoms. The molecule has 2 aromatic carbocycles.